The van der Waals surface area contributed by atoms with Crippen molar-refractivity contribution in [3.05, 3.63) is 29.2 Å². The van der Waals surface area contributed by atoms with Crippen molar-refractivity contribution in [2.24, 2.45) is 0 Å². The highest BCUT2D eigenvalue weighted by Crippen LogP contribution is 2.27. The molecule has 4 rings (SSSR count). The molecule has 0 aliphatic carbocycles. The van der Waals surface area contributed by atoms with Crippen LogP contribution in [0.2, 0.25) is 0 Å². The van der Waals surface area contributed by atoms with Gasteiger partial charge in [-0.2, -0.15) is 5.10 Å². The molecule has 0 saturated carbocycles. The Bertz CT molecular complexity index is 968. The van der Waals surface area contributed by atoms with E-state index in [0.717, 1.165) is 11.4 Å². The summed E-state index contributed by atoms with van der Waals surface area (Å²) in [5.41, 5.74) is 2.64. The van der Waals surface area contributed by atoms with Gasteiger partial charge in [0.15, 0.2) is 15.5 Å². The number of rotatable bonds is 1. The second-order valence-electron chi connectivity index (χ2n) is 7.03. The molecule has 0 N–H and O–H groups in total. The van der Waals surface area contributed by atoms with Crippen molar-refractivity contribution in [1.29, 1.82) is 0 Å². The minimum atomic E-state index is -3.12. The second-order valence-corrected chi connectivity index (χ2v) is 9.18. The summed E-state index contributed by atoms with van der Waals surface area (Å²) >= 11 is 0. The van der Waals surface area contributed by atoms with Crippen LogP contribution in [0.25, 0.3) is 5.65 Å². The van der Waals surface area contributed by atoms with Crippen LogP contribution in [0.3, 0.4) is 0 Å². The molecular formula is C16H21N5O3S. The molecule has 2 aromatic heterocycles. The van der Waals surface area contributed by atoms with Gasteiger partial charge in [0.25, 0.3) is 5.91 Å². The molecule has 0 radical (unpaired) electrons. The molecular weight excluding hydrogens is 342 g/mol. The van der Waals surface area contributed by atoms with E-state index in [9.17, 15) is 13.2 Å². The number of sulfone groups is 1. The molecule has 2 atom stereocenters. The topological polar surface area (TPSA) is 87.9 Å². The Hall–Kier alpha value is -2.00. The number of hydrogen-bond donors (Lipinski definition) is 0. The van der Waals surface area contributed by atoms with Gasteiger partial charge in [-0.3, -0.25) is 9.69 Å². The predicted molar refractivity (Wildman–Crippen MR) is 92.4 cm³/mol. The zero-order valence-corrected chi connectivity index (χ0v) is 15.3. The molecule has 2 aliphatic rings. The van der Waals surface area contributed by atoms with Gasteiger partial charge in [-0.1, -0.05) is 0 Å². The monoisotopic (exact) mass is 363 g/mol. The molecule has 9 heteroatoms. The molecule has 8 nitrogen and oxygen atoms in total. The van der Waals surface area contributed by atoms with Crippen molar-refractivity contribution in [2.75, 3.05) is 31.6 Å². The first-order chi connectivity index (χ1) is 11.7. The third-order valence-corrected chi connectivity index (χ3v) is 6.86. The van der Waals surface area contributed by atoms with Gasteiger partial charge >= 0.3 is 0 Å². The minimum absolute atomic E-state index is 0.0285. The number of piperazine rings is 1. The molecule has 0 unspecified atom stereocenters. The number of likely N-dealkylation sites (N-methyl/N-ethyl adjacent to an activating group) is 1. The first kappa shape index (κ1) is 16.5. The second kappa shape index (κ2) is 5.50. The van der Waals surface area contributed by atoms with Crippen LogP contribution in [-0.2, 0) is 9.84 Å². The van der Waals surface area contributed by atoms with Crippen LogP contribution < -0.4 is 0 Å². The Morgan fingerprint density at radius 3 is 2.64 bits per heavy atom. The fraction of sp³-hybridized carbons (Fsp3) is 0.562. The Kier molecular flexibility index (Phi) is 3.62. The summed E-state index contributed by atoms with van der Waals surface area (Å²) in [6.07, 6.45) is 0. The van der Waals surface area contributed by atoms with Crippen LogP contribution in [0.4, 0.5) is 0 Å². The lowest BCUT2D eigenvalue weighted by atomic mass is 10.0. The minimum Gasteiger partial charge on any atom is -0.330 e. The molecule has 0 spiro atoms. The molecule has 2 saturated heterocycles. The normalized spacial score (nSPS) is 26.1. The van der Waals surface area contributed by atoms with E-state index < -0.39 is 9.84 Å². The number of hydrogen-bond acceptors (Lipinski definition) is 6. The van der Waals surface area contributed by atoms with Gasteiger partial charge in [0.1, 0.15) is 5.69 Å². The smallest absolute Gasteiger partial charge is 0.272 e. The van der Waals surface area contributed by atoms with Gasteiger partial charge in [-0.05, 0) is 27.0 Å². The van der Waals surface area contributed by atoms with Gasteiger partial charge in [-0.15, -0.1) is 0 Å². The van der Waals surface area contributed by atoms with Crippen LogP contribution in [0.1, 0.15) is 21.9 Å². The molecule has 2 aliphatic heterocycles. The number of carbonyl (C=O) groups excluding carboxylic acids is 1. The molecule has 2 fully saturated rings. The summed E-state index contributed by atoms with van der Waals surface area (Å²) in [6, 6.07) is 3.11. The lowest BCUT2D eigenvalue weighted by Crippen LogP contribution is -2.59. The average Bonchev–Trinajstić information content (AvgIpc) is 3.06. The lowest BCUT2D eigenvalue weighted by molar-refractivity contribution is 0.0405. The van der Waals surface area contributed by atoms with Gasteiger partial charge in [-0.25, -0.2) is 17.9 Å². The molecule has 134 valence electrons. The standard InChI is InChI=1S/C16H21N5O3S/c1-10-6-15-17-12(7-11(2)21(15)18-10)16(22)20-5-4-19(3)13-8-25(23,24)9-14(13)20/h6-7,13-14H,4-5,8-9H2,1-3H3/t13-,14+/m1/s1. The number of carbonyl (C=O) groups is 1. The van der Waals surface area contributed by atoms with Gasteiger partial charge < -0.3 is 4.90 Å². The van der Waals surface area contributed by atoms with Crippen molar-refractivity contribution < 1.29 is 13.2 Å². The van der Waals surface area contributed by atoms with Crippen molar-refractivity contribution in [2.45, 2.75) is 25.9 Å². The summed E-state index contributed by atoms with van der Waals surface area (Å²) in [5.74, 6) is -0.0592. The van der Waals surface area contributed by atoms with Gasteiger partial charge in [0.2, 0.25) is 0 Å². The Morgan fingerprint density at radius 1 is 1.16 bits per heavy atom. The van der Waals surface area contributed by atoms with E-state index in [0.29, 0.717) is 24.4 Å². The highest BCUT2D eigenvalue weighted by atomic mass is 32.2. The summed E-state index contributed by atoms with van der Waals surface area (Å²) in [5, 5.41) is 4.35. The van der Waals surface area contributed by atoms with E-state index in [1.54, 1.807) is 15.5 Å². The van der Waals surface area contributed by atoms with Crippen LogP contribution in [0.5, 0.6) is 0 Å². The lowest BCUT2D eigenvalue weighted by Gasteiger charge is -2.42. The van der Waals surface area contributed by atoms with Gasteiger partial charge in [0.05, 0.1) is 23.2 Å². The average molecular weight is 363 g/mol. The fourth-order valence-electron chi connectivity index (χ4n) is 3.87. The molecule has 0 bridgehead atoms. The van der Waals surface area contributed by atoms with E-state index in [1.807, 2.05) is 31.9 Å². The maximum absolute atomic E-state index is 13.1. The number of fused-ring (bicyclic) bond motifs is 2. The molecule has 25 heavy (non-hydrogen) atoms. The third kappa shape index (κ3) is 2.71. The first-order valence-electron chi connectivity index (χ1n) is 8.31. The Balaban J connectivity index is 1.71. The molecule has 2 aromatic rings. The number of amides is 1. The number of nitrogens with zero attached hydrogens (tertiary/aromatic N) is 5. The number of aryl methyl sites for hydroxylation is 2. The van der Waals surface area contributed by atoms with Crippen molar-refractivity contribution in [3.63, 3.8) is 0 Å². The molecule has 0 aromatic carbocycles. The van der Waals surface area contributed by atoms with Gasteiger partial charge in [0, 0.05) is 30.9 Å². The summed E-state index contributed by atoms with van der Waals surface area (Å²) in [6.45, 7) is 4.93. The summed E-state index contributed by atoms with van der Waals surface area (Å²) in [4.78, 5) is 21.3. The summed E-state index contributed by atoms with van der Waals surface area (Å²) in [7, 11) is -1.20. The van der Waals surface area contributed by atoms with Crippen LogP contribution in [0, 0.1) is 13.8 Å². The highest BCUT2D eigenvalue weighted by Gasteiger charge is 2.47. The Labute approximate surface area is 146 Å². The van der Waals surface area contributed by atoms with Crippen molar-refractivity contribution >= 4 is 21.4 Å². The van der Waals surface area contributed by atoms with E-state index in [-0.39, 0.29) is 29.5 Å². The van der Waals surface area contributed by atoms with Crippen LogP contribution >= 0.6 is 0 Å². The van der Waals surface area contributed by atoms with Crippen LogP contribution in [0.15, 0.2) is 12.1 Å². The quantitative estimate of drug-likeness (QED) is 0.703. The fourth-order valence-corrected chi connectivity index (χ4v) is 5.93. The molecule has 1 amide bonds. The largest absolute Gasteiger partial charge is 0.330 e. The van der Waals surface area contributed by atoms with Crippen molar-refractivity contribution in [1.82, 2.24) is 24.4 Å². The first-order valence-corrected chi connectivity index (χ1v) is 10.1. The predicted octanol–water partition coefficient (Wildman–Crippen LogP) is -0.101. The maximum atomic E-state index is 13.1. The van der Waals surface area contributed by atoms with Crippen LogP contribution in [-0.4, -0.2) is 82.4 Å². The SMILES string of the molecule is Cc1cc2nc(C(=O)N3CCN(C)[C@@H]4CS(=O)(=O)C[C@@H]43)cc(C)n2n1. The van der Waals surface area contributed by atoms with Crippen molar-refractivity contribution in [3.8, 4) is 0 Å². The summed E-state index contributed by atoms with van der Waals surface area (Å²) < 4.78 is 25.9. The Morgan fingerprint density at radius 2 is 1.88 bits per heavy atom. The number of aromatic nitrogens is 3. The maximum Gasteiger partial charge on any atom is 0.272 e. The molecule has 4 heterocycles. The van der Waals surface area contributed by atoms with E-state index in [1.165, 1.54) is 0 Å². The van der Waals surface area contributed by atoms with E-state index >= 15 is 0 Å². The van der Waals surface area contributed by atoms with E-state index in [2.05, 4.69) is 10.1 Å². The zero-order valence-electron chi connectivity index (χ0n) is 14.5. The highest BCUT2D eigenvalue weighted by molar-refractivity contribution is 7.91. The zero-order chi connectivity index (χ0) is 17.9. The third-order valence-electron chi connectivity index (χ3n) is 5.16. The van der Waals surface area contributed by atoms with E-state index in [4.69, 9.17) is 0 Å².